The molecule has 0 unspecified atom stereocenters. The van der Waals surface area contributed by atoms with E-state index in [0.717, 1.165) is 18.3 Å². The number of benzene rings is 1. The maximum atomic E-state index is 13.2. The lowest BCUT2D eigenvalue weighted by molar-refractivity contribution is 0.360. The van der Waals surface area contributed by atoms with Crippen LogP contribution in [0, 0.1) is 11.6 Å². The van der Waals surface area contributed by atoms with Gasteiger partial charge in [-0.25, -0.2) is 8.78 Å². The van der Waals surface area contributed by atoms with Gasteiger partial charge < -0.3 is 16.2 Å². The van der Waals surface area contributed by atoms with E-state index in [1.54, 1.807) is 0 Å². The molecule has 0 aliphatic heterocycles. The molecule has 0 saturated carbocycles. The number of nitrogens with two attached hydrogens (primary N) is 2. The van der Waals surface area contributed by atoms with E-state index in [4.69, 9.17) is 11.5 Å². The Morgan fingerprint density at radius 2 is 1.88 bits per heavy atom. The number of nitrogens with zero attached hydrogens (tertiary/aromatic N) is 2. The van der Waals surface area contributed by atoms with Crippen molar-refractivity contribution in [2.24, 2.45) is 21.7 Å². The fraction of sp³-hybridized carbons (Fsp3) is 0.111. The molecule has 0 aliphatic carbocycles. The molecule has 5 nitrogen and oxygen atoms in total. The number of ether oxygens (including phenoxy) is 1. The van der Waals surface area contributed by atoms with Crippen LogP contribution in [0.4, 0.5) is 8.78 Å². The van der Waals surface area contributed by atoms with Gasteiger partial charge in [-0.15, -0.1) is 5.10 Å². The van der Waals surface area contributed by atoms with Gasteiger partial charge in [0.25, 0.3) is 0 Å². The molecule has 1 aromatic rings. The molecular formula is C9H10F2N4O. The fourth-order valence-electron chi connectivity index (χ4n) is 1.01. The third kappa shape index (κ3) is 2.91. The van der Waals surface area contributed by atoms with Crippen LogP contribution >= 0.6 is 0 Å². The largest absolute Gasteiger partial charge is 0.491 e. The van der Waals surface area contributed by atoms with Crippen molar-refractivity contribution in [2.75, 3.05) is 7.11 Å². The molecule has 0 spiro atoms. The van der Waals surface area contributed by atoms with Crippen molar-refractivity contribution in [1.82, 2.24) is 0 Å². The molecular weight excluding hydrogens is 218 g/mol. The van der Waals surface area contributed by atoms with E-state index >= 15 is 0 Å². The lowest BCUT2D eigenvalue weighted by atomic mass is 10.2. The number of hydrogen-bond acceptors (Lipinski definition) is 3. The molecule has 0 amide bonds. The van der Waals surface area contributed by atoms with Gasteiger partial charge in [-0.1, -0.05) is 0 Å². The van der Waals surface area contributed by atoms with E-state index in [2.05, 4.69) is 14.9 Å². The fourth-order valence-corrected chi connectivity index (χ4v) is 1.01. The van der Waals surface area contributed by atoms with Crippen LogP contribution < -0.4 is 16.2 Å². The minimum absolute atomic E-state index is 0.181. The first kappa shape index (κ1) is 11.9. The van der Waals surface area contributed by atoms with Crippen molar-refractivity contribution in [2.45, 2.75) is 0 Å². The van der Waals surface area contributed by atoms with Gasteiger partial charge in [0.1, 0.15) is 0 Å². The van der Waals surface area contributed by atoms with E-state index in [0.29, 0.717) is 0 Å². The summed E-state index contributed by atoms with van der Waals surface area (Å²) in [4.78, 5) is 0. The highest BCUT2D eigenvalue weighted by molar-refractivity contribution is 5.81. The molecule has 86 valence electrons. The second kappa shape index (κ2) is 5.06. The summed E-state index contributed by atoms with van der Waals surface area (Å²) in [5.74, 6) is -2.34. The maximum absolute atomic E-state index is 13.2. The van der Waals surface area contributed by atoms with E-state index in [9.17, 15) is 8.78 Å². The molecule has 0 atom stereocenters. The molecule has 1 rings (SSSR count). The second-order valence-electron chi connectivity index (χ2n) is 2.79. The molecule has 0 saturated heterocycles. The minimum Gasteiger partial charge on any atom is -0.491 e. The Hall–Kier alpha value is -2.18. The highest BCUT2D eigenvalue weighted by Crippen LogP contribution is 2.21. The van der Waals surface area contributed by atoms with E-state index in [-0.39, 0.29) is 11.5 Å². The molecule has 0 fully saturated rings. The van der Waals surface area contributed by atoms with Gasteiger partial charge in [0.2, 0.25) is 5.96 Å². The standard InChI is InChI=1S/C9H10F2N4O/c1-16-8-6(10)2-5(3-7(8)11)4-14-15-9(12)13/h2-4H,1H3,(H4,12,13,15). The number of methoxy groups -OCH3 is 1. The average Bonchev–Trinajstić information content (AvgIpc) is 2.16. The first-order chi connectivity index (χ1) is 7.54. The van der Waals surface area contributed by atoms with Crippen molar-refractivity contribution in [3.05, 3.63) is 29.3 Å². The monoisotopic (exact) mass is 228 g/mol. The molecule has 0 bridgehead atoms. The minimum atomic E-state index is -0.825. The smallest absolute Gasteiger partial charge is 0.211 e. The van der Waals surface area contributed by atoms with Gasteiger partial charge in [0.05, 0.1) is 13.3 Å². The topological polar surface area (TPSA) is 86.0 Å². The van der Waals surface area contributed by atoms with Crippen molar-refractivity contribution < 1.29 is 13.5 Å². The first-order valence-electron chi connectivity index (χ1n) is 4.19. The van der Waals surface area contributed by atoms with Gasteiger partial charge in [0.15, 0.2) is 17.4 Å². The van der Waals surface area contributed by atoms with Crippen LogP contribution in [0.3, 0.4) is 0 Å². The summed E-state index contributed by atoms with van der Waals surface area (Å²) in [5.41, 5.74) is 10.2. The average molecular weight is 228 g/mol. The Kier molecular flexibility index (Phi) is 3.76. The molecule has 7 heteroatoms. The van der Waals surface area contributed by atoms with E-state index < -0.39 is 17.4 Å². The van der Waals surface area contributed by atoms with Gasteiger partial charge in [0, 0.05) is 5.56 Å². The van der Waals surface area contributed by atoms with Gasteiger partial charge in [-0.3, -0.25) is 0 Å². The highest BCUT2D eigenvalue weighted by Gasteiger charge is 2.10. The number of hydrogen-bond donors (Lipinski definition) is 2. The molecule has 16 heavy (non-hydrogen) atoms. The predicted molar refractivity (Wildman–Crippen MR) is 56.3 cm³/mol. The third-order valence-corrected chi connectivity index (χ3v) is 1.60. The third-order valence-electron chi connectivity index (χ3n) is 1.60. The second-order valence-corrected chi connectivity index (χ2v) is 2.79. The Morgan fingerprint density at radius 1 is 1.31 bits per heavy atom. The van der Waals surface area contributed by atoms with Crippen molar-refractivity contribution >= 4 is 12.2 Å². The molecule has 0 heterocycles. The molecule has 4 N–H and O–H groups in total. The van der Waals surface area contributed by atoms with Crippen LogP contribution in [0.5, 0.6) is 5.75 Å². The quantitative estimate of drug-likeness (QED) is 0.450. The van der Waals surface area contributed by atoms with E-state index in [1.165, 1.54) is 7.11 Å². The van der Waals surface area contributed by atoms with Crippen molar-refractivity contribution in [1.29, 1.82) is 0 Å². The number of guanidine groups is 1. The zero-order valence-corrected chi connectivity index (χ0v) is 8.45. The van der Waals surface area contributed by atoms with Crippen molar-refractivity contribution in [3.63, 3.8) is 0 Å². The van der Waals surface area contributed by atoms with Crippen molar-refractivity contribution in [3.8, 4) is 5.75 Å². The van der Waals surface area contributed by atoms with Crippen LogP contribution in [0.15, 0.2) is 22.3 Å². The zero-order valence-electron chi connectivity index (χ0n) is 8.45. The van der Waals surface area contributed by atoms with Gasteiger partial charge in [-0.2, -0.15) is 5.10 Å². The number of halogens is 2. The molecule has 0 aromatic heterocycles. The maximum Gasteiger partial charge on any atom is 0.211 e. The summed E-state index contributed by atoms with van der Waals surface area (Å²) in [6, 6.07) is 2.10. The summed E-state index contributed by atoms with van der Waals surface area (Å²) in [7, 11) is 1.18. The first-order valence-corrected chi connectivity index (χ1v) is 4.19. The molecule has 1 aromatic carbocycles. The lowest BCUT2D eigenvalue weighted by Crippen LogP contribution is -2.21. The zero-order chi connectivity index (χ0) is 12.1. The normalized spacial score (nSPS) is 10.4. The van der Waals surface area contributed by atoms with Crippen LogP contribution in [0.25, 0.3) is 0 Å². The summed E-state index contributed by atoms with van der Waals surface area (Å²) >= 11 is 0. The SMILES string of the molecule is COc1c(F)cc(C=NN=C(N)N)cc1F. The van der Waals surface area contributed by atoms with Crippen LogP contribution in [-0.4, -0.2) is 19.3 Å². The van der Waals surface area contributed by atoms with Crippen LogP contribution in [0.2, 0.25) is 0 Å². The summed E-state index contributed by atoms with van der Waals surface area (Å²) in [5, 5.41) is 6.70. The Labute approximate surface area is 90.4 Å². The predicted octanol–water partition coefficient (Wildman–Crippen LogP) is 0.581. The van der Waals surface area contributed by atoms with Crippen LogP contribution in [-0.2, 0) is 0 Å². The van der Waals surface area contributed by atoms with E-state index in [1.807, 2.05) is 0 Å². The summed E-state index contributed by atoms with van der Waals surface area (Å²) < 4.78 is 30.9. The summed E-state index contributed by atoms with van der Waals surface area (Å²) in [6.45, 7) is 0. The number of rotatable bonds is 3. The highest BCUT2D eigenvalue weighted by atomic mass is 19.1. The Balaban J connectivity index is 3.00. The van der Waals surface area contributed by atoms with Crippen LogP contribution in [0.1, 0.15) is 5.56 Å². The van der Waals surface area contributed by atoms with Gasteiger partial charge in [-0.05, 0) is 12.1 Å². The van der Waals surface area contributed by atoms with Gasteiger partial charge >= 0.3 is 0 Å². The Morgan fingerprint density at radius 3 is 2.31 bits per heavy atom. The molecule has 0 radical (unpaired) electrons. The molecule has 0 aliphatic rings. The summed E-state index contributed by atoms with van der Waals surface area (Å²) in [6.07, 6.45) is 1.12. The Bertz CT molecular complexity index is 418. The lowest BCUT2D eigenvalue weighted by Gasteiger charge is -2.03.